The highest BCUT2D eigenvalue weighted by Crippen LogP contribution is 2.26. The second-order valence-electron chi connectivity index (χ2n) is 4.19. The van der Waals surface area contributed by atoms with Gasteiger partial charge in [-0.1, -0.05) is 20.8 Å². The van der Waals surface area contributed by atoms with Crippen molar-refractivity contribution in [3.8, 4) is 0 Å². The second-order valence-corrected chi connectivity index (χ2v) is 5.65. The van der Waals surface area contributed by atoms with Crippen molar-refractivity contribution in [2.45, 2.75) is 43.4 Å². The molecule has 17 heavy (non-hydrogen) atoms. The first kappa shape index (κ1) is 14.2. The minimum atomic E-state index is 0.193. The van der Waals surface area contributed by atoms with Crippen LogP contribution >= 0.6 is 11.8 Å². The van der Waals surface area contributed by atoms with Crippen molar-refractivity contribution in [2.75, 3.05) is 12.0 Å². The lowest BCUT2D eigenvalue weighted by Gasteiger charge is -2.12. The van der Waals surface area contributed by atoms with Crippen LogP contribution in [0, 0.1) is 0 Å². The quantitative estimate of drug-likeness (QED) is 0.311. The maximum absolute atomic E-state index is 8.88. The number of hydrogen-bond donors (Lipinski definition) is 3. The second kappa shape index (κ2) is 6.78. The number of anilines is 1. The van der Waals surface area contributed by atoms with E-state index in [1.165, 1.54) is 0 Å². The van der Waals surface area contributed by atoms with Crippen molar-refractivity contribution >= 4 is 17.6 Å². The van der Waals surface area contributed by atoms with Crippen LogP contribution in [-0.2, 0) is 0 Å². The zero-order valence-electron chi connectivity index (χ0n) is 10.5. The first-order valence-corrected chi connectivity index (χ1v) is 6.58. The van der Waals surface area contributed by atoms with Gasteiger partial charge in [0.15, 0.2) is 0 Å². The number of nitrogens with one attached hydrogen (secondary N) is 1. The number of rotatable bonds is 6. The lowest BCUT2D eigenvalue weighted by molar-refractivity contribution is 0.289. The van der Waals surface area contributed by atoms with E-state index in [0.29, 0.717) is 11.1 Å². The van der Waals surface area contributed by atoms with Crippen LogP contribution < -0.4 is 11.3 Å². The molecule has 0 aromatic carbocycles. The number of aliphatic hydroxyl groups excluding tert-OH is 1. The topological polar surface area (TPSA) is 84.1 Å². The monoisotopic (exact) mass is 256 g/mol. The Bertz CT molecular complexity index is 359. The molecule has 1 heterocycles. The van der Waals surface area contributed by atoms with Crippen LogP contribution in [0.1, 0.15) is 38.9 Å². The average molecular weight is 256 g/mol. The summed E-state index contributed by atoms with van der Waals surface area (Å²) in [6.07, 6.45) is 0.747. The normalized spacial score (nSPS) is 12.8. The summed E-state index contributed by atoms with van der Waals surface area (Å²) in [5.41, 5.74) is 2.55. The van der Waals surface area contributed by atoms with Crippen LogP contribution in [0.5, 0.6) is 0 Å². The molecule has 0 fully saturated rings. The van der Waals surface area contributed by atoms with E-state index in [1.54, 1.807) is 11.8 Å². The number of aliphatic hydroxyl groups is 1. The van der Waals surface area contributed by atoms with Crippen LogP contribution in [0.2, 0.25) is 0 Å². The number of nitrogens with zero attached hydrogens (tertiary/aromatic N) is 2. The molecule has 1 aromatic heterocycles. The Labute approximate surface area is 106 Å². The van der Waals surface area contributed by atoms with Crippen molar-refractivity contribution in [3.05, 3.63) is 11.9 Å². The fourth-order valence-electron chi connectivity index (χ4n) is 1.28. The minimum Gasteiger partial charge on any atom is -0.396 e. The summed E-state index contributed by atoms with van der Waals surface area (Å²) in [5, 5.41) is 10.1. The van der Waals surface area contributed by atoms with E-state index in [-0.39, 0.29) is 12.5 Å². The van der Waals surface area contributed by atoms with Gasteiger partial charge in [-0.2, -0.15) is 0 Å². The standard InChI is InChI=1S/C11H20N4OS/c1-7(2)11-13-9(15-12)6-10(14-11)17-8(3)4-5-16/h6-8,16H,4-5,12H2,1-3H3,(H,13,14,15). The molecule has 1 unspecified atom stereocenters. The van der Waals surface area contributed by atoms with Crippen molar-refractivity contribution in [2.24, 2.45) is 5.84 Å². The van der Waals surface area contributed by atoms with Gasteiger partial charge in [0.1, 0.15) is 16.7 Å². The number of hydrazine groups is 1. The highest BCUT2D eigenvalue weighted by Gasteiger charge is 2.10. The van der Waals surface area contributed by atoms with Crippen molar-refractivity contribution in [1.29, 1.82) is 0 Å². The third-order valence-corrected chi connectivity index (χ3v) is 3.33. The number of hydrogen-bond acceptors (Lipinski definition) is 6. The molecule has 96 valence electrons. The highest BCUT2D eigenvalue weighted by molar-refractivity contribution is 7.99. The van der Waals surface area contributed by atoms with Crippen LogP contribution in [-0.4, -0.2) is 26.9 Å². The summed E-state index contributed by atoms with van der Waals surface area (Å²) < 4.78 is 0. The van der Waals surface area contributed by atoms with Crippen molar-refractivity contribution < 1.29 is 5.11 Å². The molecule has 1 aromatic rings. The zero-order valence-corrected chi connectivity index (χ0v) is 11.3. The van der Waals surface area contributed by atoms with Gasteiger partial charge >= 0.3 is 0 Å². The Morgan fingerprint density at radius 2 is 2.12 bits per heavy atom. The molecule has 1 atom stereocenters. The van der Waals surface area contributed by atoms with Gasteiger partial charge in [0, 0.05) is 23.8 Å². The minimum absolute atomic E-state index is 0.193. The van der Waals surface area contributed by atoms with Crippen LogP contribution in [0.25, 0.3) is 0 Å². The maximum atomic E-state index is 8.88. The summed E-state index contributed by atoms with van der Waals surface area (Å²) in [7, 11) is 0. The fraction of sp³-hybridized carbons (Fsp3) is 0.636. The van der Waals surface area contributed by atoms with Gasteiger partial charge in [-0.05, 0) is 6.42 Å². The van der Waals surface area contributed by atoms with Crippen molar-refractivity contribution in [1.82, 2.24) is 9.97 Å². The van der Waals surface area contributed by atoms with E-state index < -0.39 is 0 Å². The molecule has 0 saturated carbocycles. The molecule has 0 spiro atoms. The Hall–Kier alpha value is -0.850. The maximum Gasteiger partial charge on any atom is 0.144 e. The van der Waals surface area contributed by atoms with Crippen molar-refractivity contribution in [3.63, 3.8) is 0 Å². The predicted octanol–water partition coefficient (Wildman–Crippen LogP) is 1.75. The Balaban J connectivity index is 2.87. The van der Waals surface area contributed by atoms with E-state index in [4.69, 9.17) is 10.9 Å². The molecule has 0 bridgehead atoms. The molecule has 0 aliphatic carbocycles. The molecular weight excluding hydrogens is 236 g/mol. The predicted molar refractivity (Wildman–Crippen MR) is 71.0 cm³/mol. The summed E-state index contributed by atoms with van der Waals surface area (Å²) in [6, 6.07) is 1.82. The van der Waals surface area contributed by atoms with E-state index in [0.717, 1.165) is 17.3 Å². The van der Waals surface area contributed by atoms with Gasteiger partial charge in [0.25, 0.3) is 0 Å². The number of nitrogen functional groups attached to an aromatic ring is 1. The Kier molecular flexibility index (Phi) is 5.67. The van der Waals surface area contributed by atoms with E-state index >= 15 is 0 Å². The highest BCUT2D eigenvalue weighted by atomic mass is 32.2. The zero-order chi connectivity index (χ0) is 12.8. The van der Waals surface area contributed by atoms with Gasteiger partial charge in [0.05, 0.1) is 0 Å². The lowest BCUT2D eigenvalue weighted by atomic mass is 10.2. The first-order chi connectivity index (χ1) is 8.06. The first-order valence-electron chi connectivity index (χ1n) is 5.70. The summed E-state index contributed by atoms with van der Waals surface area (Å²) in [4.78, 5) is 8.77. The van der Waals surface area contributed by atoms with E-state index in [2.05, 4.69) is 22.3 Å². The SMILES string of the molecule is CC(CCO)Sc1cc(NN)nc(C(C)C)n1. The Morgan fingerprint density at radius 3 is 2.65 bits per heavy atom. The van der Waals surface area contributed by atoms with E-state index in [1.807, 2.05) is 19.9 Å². The van der Waals surface area contributed by atoms with Crippen LogP contribution in [0.15, 0.2) is 11.1 Å². The molecular formula is C11H20N4OS. The smallest absolute Gasteiger partial charge is 0.144 e. The molecule has 0 radical (unpaired) electrons. The largest absolute Gasteiger partial charge is 0.396 e. The third-order valence-electron chi connectivity index (χ3n) is 2.24. The summed E-state index contributed by atoms with van der Waals surface area (Å²) in [5.74, 6) is 7.05. The summed E-state index contributed by atoms with van der Waals surface area (Å²) in [6.45, 7) is 6.34. The number of aromatic nitrogens is 2. The number of thioether (sulfide) groups is 1. The van der Waals surface area contributed by atoms with Gasteiger partial charge < -0.3 is 10.5 Å². The number of nitrogens with two attached hydrogens (primary N) is 1. The molecule has 0 aliphatic rings. The molecule has 0 saturated heterocycles. The van der Waals surface area contributed by atoms with Gasteiger partial charge in [0.2, 0.25) is 0 Å². The summed E-state index contributed by atoms with van der Waals surface area (Å²) >= 11 is 1.62. The molecule has 5 nitrogen and oxygen atoms in total. The third kappa shape index (κ3) is 4.49. The van der Waals surface area contributed by atoms with Gasteiger partial charge in [-0.3, -0.25) is 0 Å². The van der Waals surface area contributed by atoms with Gasteiger partial charge in [-0.25, -0.2) is 15.8 Å². The average Bonchev–Trinajstić information content (AvgIpc) is 2.28. The fourth-order valence-corrected chi connectivity index (χ4v) is 2.24. The lowest BCUT2D eigenvalue weighted by Crippen LogP contribution is -2.12. The van der Waals surface area contributed by atoms with Gasteiger partial charge in [-0.15, -0.1) is 11.8 Å². The molecule has 0 aliphatic heterocycles. The molecule has 1 rings (SSSR count). The van der Waals surface area contributed by atoms with E-state index in [9.17, 15) is 0 Å². The molecule has 0 amide bonds. The van der Waals surface area contributed by atoms with Crippen LogP contribution in [0.4, 0.5) is 5.82 Å². The van der Waals surface area contributed by atoms with Crippen LogP contribution in [0.3, 0.4) is 0 Å². The molecule has 4 N–H and O–H groups in total. The molecule has 6 heteroatoms. The Morgan fingerprint density at radius 1 is 1.41 bits per heavy atom.